The van der Waals surface area contributed by atoms with Crippen LogP contribution in [-0.2, 0) is 16.5 Å². The minimum Gasteiger partial charge on any atom is -0.281 e. The molecule has 0 aliphatic rings. The van der Waals surface area contributed by atoms with Gasteiger partial charge in [-0.15, -0.1) is 16.8 Å². The second kappa shape index (κ2) is 3.54. The third-order valence-electron chi connectivity index (χ3n) is 1.17. The van der Waals surface area contributed by atoms with E-state index in [4.69, 9.17) is 4.55 Å². The van der Waals surface area contributed by atoms with E-state index in [0.717, 1.165) is 0 Å². The van der Waals surface area contributed by atoms with Crippen molar-refractivity contribution in [3.8, 4) is 0 Å². The standard InChI is InChI=1S/C5H6N4O3S/c1-2-3-4-5(13(10,11)12)7-9-8-6-4/h2H,1,3H2,(H,10,11,12). The monoisotopic (exact) mass is 202 g/mol. The van der Waals surface area contributed by atoms with Gasteiger partial charge in [0.05, 0.1) is 0 Å². The van der Waals surface area contributed by atoms with Crippen molar-refractivity contribution in [1.82, 2.24) is 20.6 Å². The summed E-state index contributed by atoms with van der Waals surface area (Å²) in [6, 6.07) is 0. The molecule has 1 rings (SSSR count). The molecule has 0 bridgehead atoms. The van der Waals surface area contributed by atoms with Gasteiger partial charge in [0.1, 0.15) is 5.69 Å². The second-order valence-corrected chi connectivity index (χ2v) is 3.44. The molecule has 0 spiro atoms. The van der Waals surface area contributed by atoms with Gasteiger partial charge in [-0.1, -0.05) is 6.08 Å². The van der Waals surface area contributed by atoms with Crippen LogP contribution in [0.4, 0.5) is 0 Å². The third-order valence-corrected chi connectivity index (χ3v) is 1.98. The van der Waals surface area contributed by atoms with Crippen LogP contribution in [0, 0.1) is 0 Å². The fourth-order valence-corrected chi connectivity index (χ4v) is 1.26. The van der Waals surface area contributed by atoms with E-state index >= 15 is 0 Å². The minimum atomic E-state index is -4.38. The molecule has 0 aliphatic heterocycles. The quantitative estimate of drug-likeness (QED) is 0.507. The Hall–Kier alpha value is -1.41. The number of nitrogens with zero attached hydrogens (tertiary/aromatic N) is 4. The lowest BCUT2D eigenvalue weighted by molar-refractivity contribution is 0.471. The van der Waals surface area contributed by atoms with Gasteiger partial charge < -0.3 is 0 Å². The summed E-state index contributed by atoms with van der Waals surface area (Å²) in [5.41, 5.74) is 0.0208. The average molecular weight is 202 g/mol. The van der Waals surface area contributed by atoms with E-state index in [-0.39, 0.29) is 12.1 Å². The zero-order chi connectivity index (χ0) is 9.90. The summed E-state index contributed by atoms with van der Waals surface area (Å²) >= 11 is 0. The lowest BCUT2D eigenvalue weighted by Gasteiger charge is -1.97. The SMILES string of the molecule is C=CCc1nnnnc1S(=O)(=O)O. The van der Waals surface area contributed by atoms with E-state index in [0.29, 0.717) is 0 Å². The Morgan fingerprint density at radius 3 is 2.54 bits per heavy atom. The molecule has 8 heteroatoms. The van der Waals surface area contributed by atoms with Crippen molar-refractivity contribution in [2.75, 3.05) is 0 Å². The van der Waals surface area contributed by atoms with Crippen LogP contribution in [0.25, 0.3) is 0 Å². The zero-order valence-corrected chi connectivity index (χ0v) is 7.27. The van der Waals surface area contributed by atoms with Gasteiger partial charge in [0, 0.05) is 6.42 Å². The molecule has 0 saturated heterocycles. The molecule has 13 heavy (non-hydrogen) atoms. The number of rotatable bonds is 3. The molecular formula is C5H6N4O3S. The van der Waals surface area contributed by atoms with Gasteiger partial charge >= 0.3 is 10.1 Å². The Morgan fingerprint density at radius 1 is 1.38 bits per heavy atom. The first-order chi connectivity index (χ1) is 6.05. The van der Waals surface area contributed by atoms with Crippen molar-refractivity contribution in [3.63, 3.8) is 0 Å². The average Bonchev–Trinajstić information content (AvgIpc) is 2.04. The lowest BCUT2D eigenvalue weighted by Crippen LogP contribution is -2.10. The molecule has 0 radical (unpaired) electrons. The lowest BCUT2D eigenvalue weighted by atomic mass is 10.3. The van der Waals surface area contributed by atoms with Crippen molar-refractivity contribution in [2.24, 2.45) is 0 Å². The molecule has 0 saturated carbocycles. The van der Waals surface area contributed by atoms with Crippen molar-refractivity contribution < 1.29 is 13.0 Å². The van der Waals surface area contributed by atoms with E-state index in [1.165, 1.54) is 6.08 Å². The van der Waals surface area contributed by atoms with Gasteiger partial charge in [-0.3, -0.25) is 4.55 Å². The van der Waals surface area contributed by atoms with E-state index in [9.17, 15) is 8.42 Å². The molecular weight excluding hydrogens is 196 g/mol. The first-order valence-corrected chi connectivity index (χ1v) is 4.63. The van der Waals surface area contributed by atoms with E-state index in [1.54, 1.807) is 0 Å². The predicted octanol–water partition coefficient (Wildman–Crippen LogP) is -0.758. The summed E-state index contributed by atoms with van der Waals surface area (Å²) in [7, 11) is -4.38. The Balaban J connectivity index is 3.28. The zero-order valence-electron chi connectivity index (χ0n) is 6.45. The highest BCUT2D eigenvalue weighted by Gasteiger charge is 2.18. The molecule has 1 aromatic rings. The maximum atomic E-state index is 10.7. The number of aromatic nitrogens is 4. The molecule has 1 N–H and O–H groups in total. The van der Waals surface area contributed by atoms with Crippen LogP contribution in [0.5, 0.6) is 0 Å². The van der Waals surface area contributed by atoms with Gasteiger partial charge in [0.2, 0.25) is 5.03 Å². The van der Waals surface area contributed by atoms with Crippen LogP contribution in [0.2, 0.25) is 0 Å². The van der Waals surface area contributed by atoms with Crippen LogP contribution < -0.4 is 0 Å². The predicted molar refractivity (Wildman–Crippen MR) is 41.3 cm³/mol. The fourth-order valence-electron chi connectivity index (χ4n) is 0.700. The molecule has 0 unspecified atom stereocenters. The van der Waals surface area contributed by atoms with Gasteiger partial charge in [0.25, 0.3) is 0 Å². The van der Waals surface area contributed by atoms with Crippen LogP contribution in [-0.4, -0.2) is 33.6 Å². The van der Waals surface area contributed by atoms with Gasteiger partial charge in [0.15, 0.2) is 0 Å². The fraction of sp³-hybridized carbons (Fsp3) is 0.200. The number of hydrogen-bond acceptors (Lipinski definition) is 6. The highest BCUT2D eigenvalue weighted by atomic mass is 32.2. The van der Waals surface area contributed by atoms with E-state index in [2.05, 4.69) is 27.2 Å². The van der Waals surface area contributed by atoms with Gasteiger partial charge in [-0.05, 0) is 10.4 Å². The van der Waals surface area contributed by atoms with Crippen LogP contribution >= 0.6 is 0 Å². The van der Waals surface area contributed by atoms with Crippen LogP contribution in [0.15, 0.2) is 17.7 Å². The smallest absolute Gasteiger partial charge is 0.281 e. The number of hydrogen-bond donors (Lipinski definition) is 1. The molecule has 0 fully saturated rings. The highest BCUT2D eigenvalue weighted by Crippen LogP contribution is 2.07. The highest BCUT2D eigenvalue weighted by molar-refractivity contribution is 7.85. The normalized spacial score (nSPS) is 11.2. The van der Waals surface area contributed by atoms with Crippen molar-refractivity contribution in [1.29, 1.82) is 0 Å². The summed E-state index contributed by atoms with van der Waals surface area (Å²) < 4.78 is 30.0. The Labute approximate surface area is 74.2 Å². The first kappa shape index (κ1) is 9.68. The largest absolute Gasteiger partial charge is 0.316 e. The summed E-state index contributed by atoms with van der Waals surface area (Å²) in [6.07, 6.45) is 1.57. The van der Waals surface area contributed by atoms with Crippen molar-refractivity contribution in [3.05, 3.63) is 18.3 Å². The number of allylic oxidation sites excluding steroid dienone is 1. The molecule has 7 nitrogen and oxygen atoms in total. The molecule has 70 valence electrons. The van der Waals surface area contributed by atoms with E-state index < -0.39 is 15.1 Å². The molecule has 0 atom stereocenters. The topological polar surface area (TPSA) is 106 Å². The Bertz CT molecular complexity index is 416. The second-order valence-electron chi connectivity index (χ2n) is 2.10. The van der Waals surface area contributed by atoms with Crippen molar-refractivity contribution in [2.45, 2.75) is 11.4 Å². The molecule has 0 aliphatic carbocycles. The molecule has 0 amide bonds. The first-order valence-electron chi connectivity index (χ1n) is 3.19. The molecule has 0 aromatic carbocycles. The van der Waals surface area contributed by atoms with Crippen LogP contribution in [0.3, 0.4) is 0 Å². The minimum absolute atomic E-state index is 0.0208. The van der Waals surface area contributed by atoms with Gasteiger partial charge in [-0.25, -0.2) is 0 Å². The third kappa shape index (κ3) is 2.26. The molecule has 1 aromatic heterocycles. The summed E-state index contributed by atoms with van der Waals surface area (Å²) in [5.74, 6) is 0. The Morgan fingerprint density at radius 2 is 2.00 bits per heavy atom. The van der Waals surface area contributed by atoms with Gasteiger partial charge in [-0.2, -0.15) is 8.42 Å². The van der Waals surface area contributed by atoms with Crippen molar-refractivity contribution >= 4 is 10.1 Å². The maximum absolute atomic E-state index is 10.7. The van der Waals surface area contributed by atoms with E-state index in [1.807, 2.05) is 0 Å². The maximum Gasteiger partial charge on any atom is 0.316 e. The summed E-state index contributed by atoms with van der Waals surface area (Å²) in [4.78, 5) is 0. The summed E-state index contributed by atoms with van der Waals surface area (Å²) in [5, 5.41) is 12.1. The Kier molecular flexibility index (Phi) is 2.63. The van der Waals surface area contributed by atoms with Crippen LogP contribution in [0.1, 0.15) is 5.69 Å². The summed E-state index contributed by atoms with van der Waals surface area (Å²) in [6.45, 7) is 3.39. The molecule has 1 heterocycles.